The third-order valence-corrected chi connectivity index (χ3v) is 5.18. The van der Waals surface area contributed by atoms with E-state index in [1.165, 1.54) is 0 Å². The number of carbonyl (C=O) groups excluding carboxylic acids is 1. The van der Waals surface area contributed by atoms with E-state index in [-0.39, 0.29) is 24.1 Å². The van der Waals surface area contributed by atoms with Crippen molar-refractivity contribution in [3.63, 3.8) is 0 Å². The van der Waals surface area contributed by atoms with Gasteiger partial charge in [0, 0.05) is 17.8 Å². The predicted molar refractivity (Wildman–Crippen MR) is 108 cm³/mol. The number of nitrogens with zero attached hydrogens (tertiary/aromatic N) is 3. The molecule has 3 heterocycles. The van der Waals surface area contributed by atoms with Crippen LogP contribution in [0.25, 0.3) is 22.2 Å². The van der Waals surface area contributed by atoms with Gasteiger partial charge < -0.3 is 14.3 Å². The fraction of sp³-hybridized carbons (Fsp3) is 0.227. The van der Waals surface area contributed by atoms with Crippen LogP contribution in [0, 0.1) is 0 Å². The van der Waals surface area contributed by atoms with Gasteiger partial charge in [0.2, 0.25) is 5.91 Å². The van der Waals surface area contributed by atoms with Crippen molar-refractivity contribution in [2.75, 3.05) is 0 Å². The number of aromatic nitrogens is 3. The third-order valence-electron chi connectivity index (χ3n) is 5.18. The van der Waals surface area contributed by atoms with Gasteiger partial charge in [0.25, 0.3) is 5.56 Å². The van der Waals surface area contributed by atoms with Gasteiger partial charge in [0.05, 0.1) is 19.1 Å². The van der Waals surface area contributed by atoms with Crippen LogP contribution >= 0.6 is 0 Å². The van der Waals surface area contributed by atoms with E-state index in [9.17, 15) is 9.59 Å². The first-order valence-electron chi connectivity index (χ1n) is 9.65. The summed E-state index contributed by atoms with van der Waals surface area (Å²) in [7, 11) is 0. The standard InChI is InChI=1S/C22H20N4O3/c27-19(23-11-17-7-4-10-29-17)13-25-12-18(15-5-2-1-3-6-15)20-21(25)22(28)26(14-24-20)16-8-9-16/h1-7,10,12,14,16H,8-9,11,13H2,(H,23,27). The zero-order valence-electron chi connectivity index (χ0n) is 15.7. The quantitative estimate of drug-likeness (QED) is 0.550. The highest BCUT2D eigenvalue weighted by Gasteiger charge is 2.27. The first-order valence-corrected chi connectivity index (χ1v) is 9.65. The molecule has 1 aliphatic rings. The highest BCUT2D eigenvalue weighted by Crippen LogP contribution is 2.34. The fourth-order valence-corrected chi connectivity index (χ4v) is 3.57. The summed E-state index contributed by atoms with van der Waals surface area (Å²) in [6.45, 7) is 0.344. The summed E-state index contributed by atoms with van der Waals surface area (Å²) in [6.07, 6.45) is 7.03. The van der Waals surface area contributed by atoms with Crippen LogP contribution in [0.4, 0.5) is 0 Å². The number of hydrogen-bond donors (Lipinski definition) is 1. The molecule has 1 fully saturated rings. The van der Waals surface area contributed by atoms with Crippen molar-refractivity contribution in [1.82, 2.24) is 19.4 Å². The average molecular weight is 388 g/mol. The van der Waals surface area contributed by atoms with E-state index in [1.54, 1.807) is 33.9 Å². The highest BCUT2D eigenvalue weighted by molar-refractivity contribution is 5.93. The molecule has 0 aliphatic heterocycles. The highest BCUT2D eigenvalue weighted by atomic mass is 16.3. The Bertz CT molecular complexity index is 1220. The van der Waals surface area contributed by atoms with Crippen LogP contribution < -0.4 is 10.9 Å². The molecular weight excluding hydrogens is 368 g/mol. The molecule has 4 aromatic rings. The van der Waals surface area contributed by atoms with Crippen molar-refractivity contribution >= 4 is 16.9 Å². The van der Waals surface area contributed by atoms with E-state index >= 15 is 0 Å². The Morgan fingerprint density at radius 2 is 2.00 bits per heavy atom. The molecule has 3 aromatic heterocycles. The Morgan fingerprint density at radius 1 is 1.17 bits per heavy atom. The zero-order chi connectivity index (χ0) is 19.8. The fourth-order valence-electron chi connectivity index (χ4n) is 3.57. The smallest absolute Gasteiger partial charge is 0.278 e. The Labute approximate surface area is 166 Å². The minimum absolute atomic E-state index is 0.0373. The maximum Gasteiger partial charge on any atom is 0.278 e. The molecule has 1 amide bonds. The zero-order valence-corrected chi connectivity index (χ0v) is 15.7. The number of rotatable bonds is 6. The normalized spacial score (nSPS) is 13.7. The number of furan rings is 1. The number of nitrogens with one attached hydrogen (secondary N) is 1. The van der Waals surface area contributed by atoms with Crippen molar-refractivity contribution in [3.8, 4) is 11.1 Å². The van der Waals surface area contributed by atoms with Crippen LogP contribution in [0.2, 0.25) is 0 Å². The monoisotopic (exact) mass is 388 g/mol. The first-order chi connectivity index (χ1) is 14.2. The minimum Gasteiger partial charge on any atom is -0.467 e. The van der Waals surface area contributed by atoms with Crippen LogP contribution in [0.3, 0.4) is 0 Å². The van der Waals surface area contributed by atoms with E-state index in [2.05, 4.69) is 10.3 Å². The van der Waals surface area contributed by atoms with Crippen molar-refractivity contribution in [3.05, 3.63) is 77.4 Å². The minimum atomic E-state index is -0.195. The molecule has 0 radical (unpaired) electrons. The molecule has 29 heavy (non-hydrogen) atoms. The molecule has 1 aliphatic carbocycles. The average Bonchev–Trinajstić information content (AvgIpc) is 3.31. The van der Waals surface area contributed by atoms with Crippen LogP contribution in [0.1, 0.15) is 24.6 Å². The van der Waals surface area contributed by atoms with E-state index in [0.717, 1.165) is 24.0 Å². The third kappa shape index (κ3) is 3.35. The summed E-state index contributed by atoms with van der Waals surface area (Å²) in [5.41, 5.74) is 2.80. The van der Waals surface area contributed by atoms with E-state index in [0.29, 0.717) is 23.3 Å². The second kappa shape index (κ2) is 7.09. The lowest BCUT2D eigenvalue weighted by Gasteiger charge is -2.07. The second-order valence-electron chi connectivity index (χ2n) is 7.28. The number of carbonyl (C=O) groups is 1. The molecule has 5 rings (SSSR count). The van der Waals surface area contributed by atoms with Crippen LogP contribution in [0.5, 0.6) is 0 Å². The summed E-state index contributed by atoms with van der Waals surface area (Å²) >= 11 is 0. The molecule has 146 valence electrons. The van der Waals surface area contributed by atoms with Crippen molar-refractivity contribution < 1.29 is 9.21 Å². The molecule has 1 saturated carbocycles. The van der Waals surface area contributed by atoms with Gasteiger partial charge in [-0.3, -0.25) is 14.2 Å². The van der Waals surface area contributed by atoms with Gasteiger partial charge >= 0.3 is 0 Å². The Balaban J connectivity index is 1.53. The molecular formula is C22H20N4O3. The Hall–Kier alpha value is -3.61. The number of fused-ring (bicyclic) bond motifs is 1. The lowest BCUT2D eigenvalue weighted by Crippen LogP contribution is -2.28. The molecule has 0 atom stereocenters. The van der Waals surface area contributed by atoms with Gasteiger partial charge in [-0.05, 0) is 30.5 Å². The number of hydrogen-bond acceptors (Lipinski definition) is 4. The molecule has 1 aromatic carbocycles. The lowest BCUT2D eigenvalue weighted by atomic mass is 10.1. The Morgan fingerprint density at radius 3 is 2.72 bits per heavy atom. The van der Waals surface area contributed by atoms with Gasteiger partial charge in [0.15, 0.2) is 0 Å². The van der Waals surface area contributed by atoms with Crippen molar-refractivity contribution in [2.24, 2.45) is 0 Å². The Kier molecular flexibility index (Phi) is 4.27. The van der Waals surface area contributed by atoms with Crippen LogP contribution in [0.15, 0.2) is 70.5 Å². The second-order valence-corrected chi connectivity index (χ2v) is 7.28. The van der Waals surface area contributed by atoms with E-state index in [4.69, 9.17) is 4.42 Å². The first kappa shape index (κ1) is 17.5. The van der Waals surface area contributed by atoms with E-state index < -0.39 is 0 Å². The summed E-state index contributed by atoms with van der Waals surface area (Å²) < 4.78 is 8.65. The molecule has 0 saturated heterocycles. The van der Waals surface area contributed by atoms with Gasteiger partial charge in [-0.25, -0.2) is 4.98 Å². The van der Waals surface area contributed by atoms with Gasteiger partial charge in [-0.2, -0.15) is 0 Å². The number of amides is 1. The van der Waals surface area contributed by atoms with Crippen LogP contribution in [-0.2, 0) is 17.9 Å². The van der Waals surface area contributed by atoms with Crippen molar-refractivity contribution in [2.45, 2.75) is 32.0 Å². The number of benzene rings is 1. The summed E-state index contributed by atoms with van der Waals surface area (Å²) in [4.78, 5) is 30.3. The van der Waals surface area contributed by atoms with Crippen LogP contribution in [-0.4, -0.2) is 20.0 Å². The lowest BCUT2D eigenvalue weighted by molar-refractivity contribution is -0.121. The summed E-state index contributed by atoms with van der Waals surface area (Å²) in [6, 6.07) is 13.6. The SMILES string of the molecule is O=C(Cn1cc(-c2ccccc2)c2ncn(C3CC3)c(=O)c21)NCc1ccco1. The molecule has 0 unspecified atom stereocenters. The van der Waals surface area contributed by atoms with Gasteiger partial charge in [-0.15, -0.1) is 0 Å². The summed E-state index contributed by atoms with van der Waals surface area (Å²) in [5, 5.41) is 2.83. The van der Waals surface area contributed by atoms with Crippen molar-refractivity contribution in [1.29, 1.82) is 0 Å². The summed E-state index contributed by atoms with van der Waals surface area (Å²) in [5.74, 6) is 0.484. The maximum absolute atomic E-state index is 13.2. The molecule has 0 bridgehead atoms. The molecule has 7 heteroatoms. The largest absolute Gasteiger partial charge is 0.467 e. The topological polar surface area (TPSA) is 82.1 Å². The van der Waals surface area contributed by atoms with Gasteiger partial charge in [0.1, 0.15) is 23.3 Å². The van der Waals surface area contributed by atoms with Gasteiger partial charge in [-0.1, -0.05) is 30.3 Å². The predicted octanol–water partition coefficient (Wildman–Crippen LogP) is 3.11. The van der Waals surface area contributed by atoms with E-state index in [1.807, 2.05) is 36.5 Å². The maximum atomic E-state index is 13.2. The molecule has 0 spiro atoms. The molecule has 7 nitrogen and oxygen atoms in total. The molecule has 1 N–H and O–H groups in total.